The molecule has 0 N–H and O–H groups in total. The number of pyridine rings is 1. The highest BCUT2D eigenvalue weighted by Crippen LogP contribution is 2.28. The number of ether oxygens (including phenoxy) is 1. The van der Waals surface area contributed by atoms with Gasteiger partial charge in [-0.15, -0.1) is 10.2 Å². The molecule has 1 atom stereocenters. The van der Waals surface area contributed by atoms with E-state index in [1.165, 1.54) is 0 Å². The van der Waals surface area contributed by atoms with Crippen LogP contribution < -0.4 is 4.74 Å². The number of hydrogen-bond donors (Lipinski definition) is 0. The standard InChI is InChI=1S/C20H20ClN5OS/c1-13-10-15(21)7-8-17(13)27-14(2)19-23-24-20(25(19)3)28-12-16-11-26-9-5-4-6-18(26)22-16/h4-11,14H,12H2,1-3H3. The van der Waals surface area contributed by atoms with Crippen molar-refractivity contribution in [1.29, 1.82) is 0 Å². The summed E-state index contributed by atoms with van der Waals surface area (Å²) in [5.41, 5.74) is 2.93. The van der Waals surface area contributed by atoms with E-state index in [0.717, 1.165) is 39.4 Å². The molecule has 0 fully saturated rings. The Balaban J connectivity index is 1.45. The van der Waals surface area contributed by atoms with Crippen LogP contribution in [0.5, 0.6) is 5.75 Å². The molecule has 8 heteroatoms. The van der Waals surface area contributed by atoms with Gasteiger partial charge in [-0.25, -0.2) is 4.98 Å². The minimum Gasteiger partial charge on any atom is -0.482 e. The van der Waals surface area contributed by atoms with Crippen LogP contribution in [0.15, 0.2) is 53.9 Å². The smallest absolute Gasteiger partial charge is 0.191 e. The molecule has 4 aromatic rings. The molecule has 0 radical (unpaired) electrons. The first-order valence-electron chi connectivity index (χ1n) is 8.89. The number of thioether (sulfide) groups is 1. The van der Waals surface area contributed by atoms with Gasteiger partial charge >= 0.3 is 0 Å². The van der Waals surface area contributed by atoms with Gasteiger partial charge in [0.2, 0.25) is 0 Å². The molecule has 1 aromatic carbocycles. The monoisotopic (exact) mass is 413 g/mol. The van der Waals surface area contributed by atoms with Crippen molar-refractivity contribution in [2.45, 2.75) is 30.9 Å². The predicted molar refractivity (Wildman–Crippen MR) is 111 cm³/mol. The number of hydrogen-bond acceptors (Lipinski definition) is 5. The first-order valence-corrected chi connectivity index (χ1v) is 10.2. The second kappa shape index (κ2) is 7.85. The molecule has 3 heterocycles. The highest BCUT2D eigenvalue weighted by atomic mass is 35.5. The van der Waals surface area contributed by atoms with Crippen LogP contribution >= 0.6 is 23.4 Å². The summed E-state index contributed by atoms with van der Waals surface area (Å²) >= 11 is 7.62. The number of rotatable bonds is 6. The van der Waals surface area contributed by atoms with Gasteiger partial charge in [0.05, 0.1) is 5.69 Å². The lowest BCUT2D eigenvalue weighted by Crippen LogP contribution is -2.10. The number of imidazole rings is 1. The lowest BCUT2D eigenvalue weighted by molar-refractivity contribution is 0.210. The molecule has 0 saturated carbocycles. The van der Waals surface area contributed by atoms with Gasteiger partial charge in [-0.3, -0.25) is 0 Å². The largest absolute Gasteiger partial charge is 0.482 e. The zero-order chi connectivity index (χ0) is 19.7. The van der Waals surface area contributed by atoms with Crippen LogP contribution in [-0.4, -0.2) is 24.1 Å². The van der Waals surface area contributed by atoms with Crippen molar-refractivity contribution in [3.63, 3.8) is 0 Å². The van der Waals surface area contributed by atoms with E-state index in [1.807, 2.05) is 78.7 Å². The van der Waals surface area contributed by atoms with Gasteiger partial charge in [0, 0.05) is 30.2 Å². The van der Waals surface area contributed by atoms with Crippen molar-refractivity contribution >= 4 is 29.0 Å². The number of aryl methyl sites for hydroxylation is 1. The van der Waals surface area contributed by atoms with Crippen molar-refractivity contribution in [3.8, 4) is 5.75 Å². The number of halogens is 1. The van der Waals surface area contributed by atoms with Crippen LogP contribution in [0.2, 0.25) is 5.02 Å². The molecule has 0 spiro atoms. The van der Waals surface area contributed by atoms with E-state index in [2.05, 4.69) is 15.2 Å². The summed E-state index contributed by atoms with van der Waals surface area (Å²) in [6.45, 7) is 3.94. The lowest BCUT2D eigenvalue weighted by atomic mass is 10.2. The van der Waals surface area contributed by atoms with Crippen LogP contribution in [0.3, 0.4) is 0 Å². The molecule has 6 nitrogen and oxygen atoms in total. The Morgan fingerprint density at radius 2 is 2.07 bits per heavy atom. The molecule has 0 aliphatic heterocycles. The van der Waals surface area contributed by atoms with Gasteiger partial charge in [-0.05, 0) is 49.7 Å². The maximum atomic E-state index is 6.08. The van der Waals surface area contributed by atoms with Crippen LogP contribution in [0.4, 0.5) is 0 Å². The van der Waals surface area contributed by atoms with E-state index in [1.54, 1.807) is 11.8 Å². The third-order valence-electron chi connectivity index (χ3n) is 4.44. The molecular formula is C20H20ClN5OS. The molecule has 1 unspecified atom stereocenters. The van der Waals surface area contributed by atoms with Gasteiger partial charge in [-0.2, -0.15) is 0 Å². The van der Waals surface area contributed by atoms with Crippen molar-refractivity contribution in [3.05, 3.63) is 70.9 Å². The second-order valence-electron chi connectivity index (χ2n) is 6.56. The minimum atomic E-state index is -0.234. The fraction of sp³-hybridized carbons (Fsp3) is 0.250. The maximum Gasteiger partial charge on any atom is 0.191 e. The molecule has 144 valence electrons. The summed E-state index contributed by atoms with van der Waals surface area (Å²) < 4.78 is 10.1. The molecule has 0 aliphatic carbocycles. The highest BCUT2D eigenvalue weighted by molar-refractivity contribution is 7.98. The summed E-state index contributed by atoms with van der Waals surface area (Å²) in [6, 6.07) is 11.6. The Kier molecular flexibility index (Phi) is 5.28. The third-order valence-corrected chi connectivity index (χ3v) is 5.72. The van der Waals surface area contributed by atoms with E-state index in [0.29, 0.717) is 5.02 Å². The lowest BCUT2D eigenvalue weighted by Gasteiger charge is -2.16. The number of fused-ring (bicyclic) bond motifs is 1. The SMILES string of the molecule is Cc1cc(Cl)ccc1OC(C)c1nnc(SCc2cn3ccccc3n2)n1C. The van der Waals surface area contributed by atoms with Crippen LogP contribution in [0.25, 0.3) is 5.65 Å². The Bertz CT molecular complexity index is 1090. The first-order chi connectivity index (χ1) is 13.5. The predicted octanol–water partition coefficient (Wildman–Crippen LogP) is 4.86. The Morgan fingerprint density at radius 3 is 2.86 bits per heavy atom. The van der Waals surface area contributed by atoms with Crippen molar-refractivity contribution < 1.29 is 4.74 Å². The molecule has 0 saturated heterocycles. The average molecular weight is 414 g/mol. The Morgan fingerprint density at radius 1 is 1.21 bits per heavy atom. The fourth-order valence-corrected chi connectivity index (χ4v) is 4.02. The molecule has 3 aromatic heterocycles. The van der Waals surface area contributed by atoms with Crippen LogP contribution in [-0.2, 0) is 12.8 Å². The van der Waals surface area contributed by atoms with E-state index in [4.69, 9.17) is 16.3 Å². The Hall–Kier alpha value is -2.51. The van der Waals surface area contributed by atoms with E-state index >= 15 is 0 Å². The number of aromatic nitrogens is 5. The highest BCUT2D eigenvalue weighted by Gasteiger charge is 2.18. The molecule has 0 amide bonds. The van der Waals surface area contributed by atoms with Crippen molar-refractivity contribution in [2.75, 3.05) is 0 Å². The van der Waals surface area contributed by atoms with E-state index in [-0.39, 0.29) is 6.10 Å². The first kappa shape index (κ1) is 18.8. The van der Waals surface area contributed by atoms with Gasteiger partial charge in [-0.1, -0.05) is 29.4 Å². The third kappa shape index (κ3) is 3.86. The van der Waals surface area contributed by atoms with Crippen LogP contribution in [0.1, 0.15) is 30.1 Å². The number of benzene rings is 1. The zero-order valence-corrected chi connectivity index (χ0v) is 17.4. The quantitative estimate of drug-likeness (QED) is 0.422. The summed E-state index contributed by atoms with van der Waals surface area (Å²) in [4.78, 5) is 4.62. The molecule has 0 bridgehead atoms. The normalized spacial score (nSPS) is 12.4. The van der Waals surface area contributed by atoms with Gasteiger partial charge in [0.25, 0.3) is 0 Å². The second-order valence-corrected chi connectivity index (χ2v) is 7.94. The van der Waals surface area contributed by atoms with Gasteiger partial charge in [0.1, 0.15) is 11.4 Å². The Labute approximate surface area is 172 Å². The number of nitrogens with zero attached hydrogens (tertiary/aromatic N) is 5. The molecule has 28 heavy (non-hydrogen) atoms. The minimum absolute atomic E-state index is 0.234. The average Bonchev–Trinajstić information content (AvgIpc) is 3.25. The fourth-order valence-electron chi connectivity index (χ4n) is 2.99. The van der Waals surface area contributed by atoms with Gasteiger partial charge < -0.3 is 13.7 Å². The van der Waals surface area contributed by atoms with Gasteiger partial charge in [0.15, 0.2) is 17.1 Å². The summed E-state index contributed by atoms with van der Waals surface area (Å²) in [7, 11) is 1.95. The molecular weight excluding hydrogens is 394 g/mol. The topological polar surface area (TPSA) is 57.2 Å². The summed E-state index contributed by atoms with van der Waals surface area (Å²) in [5.74, 6) is 2.28. The summed E-state index contributed by atoms with van der Waals surface area (Å²) in [6.07, 6.45) is 3.80. The zero-order valence-electron chi connectivity index (χ0n) is 15.8. The summed E-state index contributed by atoms with van der Waals surface area (Å²) in [5, 5.41) is 10.2. The van der Waals surface area contributed by atoms with Crippen molar-refractivity contribution in [2.24, 2.45) is 7.05 Å². The maximum absolute atomic E-state index is 6.08. The molecule has 0 aliphatic rings. The molecule has 4 rings (SSSR count). The van der Waals surface area contributed by atoms with Crippen molar-refractivity contribution in [1.82, 2.24) is 24.1 Å². The van der Waals surface area contributed by atoms with Crippen LogP contribution in [0, 0.1) is 6.92 Å². The van der Waals surface area contributed by atoms with E-state index in [9.17, 15) is 0 Å². The van der Waals surface area contributed by atoms with E-state index < -0.39 is 0 Å².